The molecule has 1 rings (SSSR count). The fourth-order valence-corrected chi connectivity index (χ4v) is 1.26. The van der Waals surface area contributed by atoms with Crippen molar-refractivity contribution >= 4 is 5.82 Å². The third kappa shape index (κ3) is 4.02. The summed E-state index contributed by atoms with van der Waals surface area (Å²) in [7, 11) is 2.02. The minimum atomic E-state index is 0.687. The Morgan fingerprint density at radius 3 is 2.93 bits per heavy atom. The van der Waals surface area contributed by atoms with Crippen molar-refractivity contribution < 1.29 is 4.74 Å². The molecule has 0 aromatic carbocycles. The molecule has 0 atom stereocenters. The van der Waals surface area contributed by atoms with Gasteiger partial charge in [0, 0.05) is 26.2 Å². The fourth-order valence-electron chi connectivity index (χ4n) is 1.26. The predicted molar refractivity (Wildman–Crippen MR) is 62.9 cm³/mol. The topological polar surface area (TPSA) is 25.4 Å². The summed E-state index contributed by atoms with van der Waals surface area (Å²) in [4.78, 5) is 6.35. The van der Waals surface area contributed by atoms with Crippen LogP contribution in [0, 0.1) is 0 Å². The van der Waals surface area contributed by atoms with Gasteiger partial charge in [-0.2, -0.15) is 0 Å². The van der Waals surface area contributed by atoms with E-state index in [4.69, 9.17) is 4.74 Å². The number of pyridine rings is 1. The molecule has 0 fully saturated rings. The average molecular weight is 206 g/mol. The molecule has 0 aliphatic carbocycles. The van der Waals surface area contributed by atoms with Gasteiger partial charge in [0.15, 0.2) is 0 Å². The lowest BCUT2D eigenvalue weighted by Gasteiger charge is -2.18. The van der Waals surface area contributed by atoms with Crippen molar-refractivity contribution in [1.82, 2.24) is 4.98 Å². The largest absolute Gasteiger partial charge is 0.499 e. The molecule has 3 heteroatoms. The Morgan fingerprint density at radius 2 is 2.33 bits per heavy atom. The Kier molecular flexibility index (Phi) is 4.68. The van der Waals surface area contributed by atoms with Crippen LogP contribution in [0.4, 0.5) is 5.82 Å². The number of ether oxygens (including phenoxy) is 1. The van der Waals surface area contributed by atoms with Crippen LogP contribution in [0.1, 0.15) is 13.3 Å². The molecule has 1 aromatic heterocycles. The second kappa shape index (κ2) is 6.06. The highest BCUT2D eigenvalue weighted by Gasteiger charge is 2.02. The van der Waals surface area contributed by atoms with E-state index in [1.807, 2.05) is 32.2 Å². The van der Waals surface area contributed by atoms with E-state index in [0.717, 1.165) is 24.5 Å². The first-order valence-corrected chi connectivity index (χ1v) is 5.16. The van der Waals surface area contributed by atoms with Gasteiger partial charge in [-0.25, -0.2) is 4.98 Å². The third-order valence-corrected chi connectivity index (χ3v) is 2.11. The minimum Gasteiger partial charge on any atom is -0.499 e. The van der Waals surface area contributed by atoms with E-state index < -0.39 is 0 Å². The summed E-state index contributed by atoms with van der Waals surface area (Å²) in [6.45, 7) is 7.36. The van der Waals surface area contributed by atoms with Crippen molar-refractivity contribution in [2.24, 2.45) is 0 Å². The van der Waals surface area contributed by atoms with Gasteiger partial charge in [0.2, 0.25) is 0 Å². The first-order chi connectivity index (χ1) is 7.24. The maximum absolute atomic E-state index is 5.29. The van der Waals surface area contributed by atoms with Gasteiger partial charge < -0.3 is 9.64 Å². The van der Waals surface area contributed by atoms with Crippen molar-refractivity contribution in [1.29, 1.82) is 0 Å². The molecule has 0 bridgehead atoms. The van der Waals surface area contributed by atoms with Gasteiger partial charge in [0.05, 0.1) is 12.4 Å². The zero-order chi connectivity index (χ0) is 11.1. The van der Waals surface area contributed by atoms with Crippen molar-refractivity contribution in [2.75, 3.05) is 25.1 Å². The lowest BCUT2D eigenvalue weighted by molar-refractivity contribution is 0.221. The maximum Gasteiger partial charge on any atom is 0.128 e. The summed E-state index contributed by atoms with van der Waals surface area (Å²) in [5.74, 6) is 1.81. The molecule has 0 saturated heterocycles. The Morgan fingerprint density at radius 1 is 1.53 bits per heavy atom. The number of anilines is 1. The zero-order valence-electron chi connectivity index (χ0n) is 9.44. The zero-order valence-corrected chi connectivity index (χ0v) is 9.44. The second-order valence-corrected chi connectivity index (χ2v) is 3.33. The lowest BCUT2D eigenvalue weighted by Crippen LogP contribution is -2.20. The average Bonchev–Trinajstić information content (AvgIpc) is 2.27. The summed E-state index contributed by atoms with van der Waals surface area (Å²) < 4.78 is 5.29. The van der Waals surface area contributed by atoms with Crippen LogP contribution in [0.25, 0.3) is 0 Å². The highest BCUT2D eigenvalue weighted by Crippen LogP contribution is 2.09. The van der Waals surface area contributed by atoms with Gasteiger partial charge in [-0.05, 0) is 19.1 Å². The lowest BCUT2D eigenvalue weighted by atomic mass is 10.3. The van der Waals surface area contributed by atoms with E-state index in [1.54, 1.807) is 6.20 Å². The Hall–Kier alpha value is -1.51. The van der Waals surface area contributed by atoms with Crippen LogP contribution in [0.5, 0.6) is 0 Å². The molecular weight excluding hydrogens is 188 g/mol. The van der Waals surface area contributed by atoms with Crippen LogP contribution in [0.15, 0.2) is 36.7 Å². The summed E-state index contributed by atoms with van der Waals surface area (Å²) in [6, 6.07) is 5.89. The normalized spacial score (nSPS) is 9.73. The van der Waals surface area contributed by atoms with E-state index in [0.29, 0.717) is 6.61 Å². The standard InChI is InChI=1S/C12H18N2O/c1-4-15-11(2)8-10-14(3)12-7-5-6-9-13-12/h5-7,9H,2,4,8,10H2,1,3H3. The smallest absolute Gasteiger partial charge is 0.128 e. The minimum absolute atomic E-state index is 0.687. The molecule has 0 aliphatic rings. The second-order valence-electron chi connectivity index (χ2n) is 3.33. The van der Waals surface area contributed by atoms with E-state index in [-0.39, 0.29) is 0 Å². The quantitative estimate of drug-likeness (QED) is 0.668. The first-order valence-electron chi connectivity index (χ1n) is 5.16. The number of aromatic nitrogens is 1. The number of nitrogens with zero attached hydrogens (tertiary/aromatic N) is 2. The predicted octanol–water partition coefficient (Wildman–Crippen LogP) is 2.46. The Labute approximate surface area is 91.4 Å². The first kappa shape index (κ1) is 11.6. The van der Waals surface area contributed by atoms with E-state index in [1.165, 1.54) is 0 Å². The van der Waals surface area contributed by atoms with E-state index >= 15 is 0 Å². The summed E-state index contributed by atoms with van der Waals surface area (Å²) >= 11 is 0. The molecule has 0 unspecified atom stereocenters. The SMILES string of the molecule is C=C(CCN(C)c1ccccn1)OCC. The van der Waals surface area contributed by atoms with Crippen LogP contribution < -0.4 is 4.90 Å². The van der Waals surface area contributed by atoms with Crippen LogP contribution in [0.3, 0.4) is 0 Å². The molecule has 0 radical (unpaired) electrons. The van der Waals surface area contributed by atoms with Crippen LogP contribution in [0.2, 0.25) is 0 Å². The monoisotopic (exact) mass is 206 g/mol. The third-order valence-electron chi connectivity index (χ3n) is 2.11. The van der Waals surface area contributed by atoms with Crippen LogP contribution in [-0.2, 0) is 4.74 Å². The van der Waals surface area contributed by atoms with Gasteiger partial charge in [0.1, 0.15) is 5.82 Å². The number of rotatable bonds is 6. The molecule has 0 aliphatic heterocycles. The fraction of sp³-hybridized carbons (Fsp3) is 0.417. The van der Waals surface area contributed by atoms with Gasteiger partial charge in [-0.3, -0.25) is 0 Å². The number of hydrogen-bond donors (Lipinski definition) is 0. The van der Waals surface area contributed by atoms with Gasteiger partial charge in [0.25, 0.3) is 0 Å². The van der Waals surface area contributed by atoms with Gasteiger partial charge in [-0.15, -0.1) is 0 Å². The molecule has 0 amide bonds. The number of hydrogen-bond acceptors (Lipinski definition) is 3. The highest BCUT2D eigenvalue weighted by atomic mass is 16.5. The van der Waals surface area contributed by atoms with E-state index in [2.05, 4.69) is 16.5 Å². The molecule has 15 heavy (non-hydrogen) atoms. The van der Waals surface area contributed by atoms with Crippen molar-refractivity contribution in [3.8, 4) is 0 Å². The van der Waals surface area contributed by atoms with Crippen molar-refractivity contribution in [3.05, 3.63) is 36.7 Å². The van der Waals surface area contributed by atoms with Crippen LogP contribution >= 0.6 is 0 Å². The Balaban J connectivity index is 2.37. The van der Waals surface area contributed by atoms with E-state index in [9.17, 15) is 0 Å². The molecule has 82 valence electrons. The summed E-state index contributed by atoms with van der Waals surface area (Å²) in [5, 5.41) is 0. The summed E-state index contributed by atoms with van der Waals surface area (Å²) in [6.07, 6.45) is 2.63. The highest BCUT2D eigenvalue weighted by molar-refractivity contribution is 5.36. The maximum atomic E-state index is 5.29. The molecule has 0 spiro atoms. The molecular formula is C12H18N2O. The Bertz CT molecular complexity index is 298. The van der Waals surface area contributed by atoms with Crippen molar-refractivity contribution in [2.45, 2.75) is 13.3 Å². The van der Waals surface area contributed by atoms with Gasteiger partial charge >= 0.3 is 0 Å². The van der Waals surface area contributed by atoms with Gasteiger partial charge in [-0.1, -0.05) is 12.6 Å². The van der Waals surface area contributed by atoms with Crippen molar-refractivity contribution in [3.63, 3.8) is 0 Å². The molecule has 3 nitrogen and oxygen atoms in total. The van der Waals surface area contributed by atoms with Crippen LogP contribution in [-0.4, -0.2) is 25.2 Å². The molecule has 1 heterocycles. The summed E-state index contributed by atoms with van der Waals surface area (Å²) in [5.41, 5.74) is 0. The molecule has 0 saturated carbocycles. The molecule has 0 N–H and O–H groups in total. The molecule has 1 aromatic rings.